The quantitative estimate of drug-likeness (QED) is 0.334. The van der Waals surface area contributed by atoms with Gasteiger partial charge in [0.05, 0.1) is 11.0 Å². The van der Waals surface area contributed by atoms with Crippen molar-refractivity contribution in [1.82, 2.24) is 20.2 Å². The fourth-order valence-electron chi connectivity index (χ4n) is 3.33. The summed E-state index contributed by atoms with van der Waals surface area (Å²) in [6, 6.07) is 23.7. The van der Waals surface area contributed by atoms with Crippen LogP contribution in [0.5, 0.6) is 11.5 Å². The van der Waals surface area contributed by atoms with Crippen molar-refractivity contribution >= 4 is 23.3 Å². The number of para-hydroxylation sites is 1. The molecule has 0 radical (unpaired) electrons. The number of imidazole rings is 1. The van der Waals surface area contributed by atoms with Crippen molar-refractivity contribution in [1.29, 1.82) is 0 Å². The van der Waals surface area contributed by atoms with Crippen LogP contribution in [0.2, 0.25) is 0 Å². The van der Waals surface area contributed by atoms with Gasteiger partial charge in [0.2, 0.25) is 5.89 Å². The highest BCUT2D eigenvalue weighted by Crippen LogP contribution is 2.29. The molecule has 2 heterocycles. The molecule has 1 atom stereocenters. The normalized spacial score (nSPS) is 12.2. The van der Waals surface area contributed by atoms with Crippen LogP contribution in [0, 0.1) is 4.84 Å². The Labute approximate surface area is 177 Å². The lowest BCUT2D eigenvalue weighted by atomic mass is 10.0. The van der Waals surface area contributed by atoms with Gasteiger partial charge in [0.25, 0.3) is 4.84 Å². The second kappa shape index (κ2) is 7.61. The second-order valence-electron chi connectivity index (χ2n) is 6.98. The van der Waals surface area contributed by atoms with E-state index in [2.05, 4.69) is 34.2 Å². The Morgan fingerprint density at radius 1 is 0.967 bits per heavy atom. The summed E-state index contributed by atoms with van der Waals surface area (Å²) < 4.78 is 11.3. The first-order valence-electron chi connectivity index (χ1n) is 9.54. The number of fused-ring (bicyclic) bond motifs is 1. The third kappa shape index (κ3) is 3.62. The average molecular weight is 414 g/mol. The molecule has 7 heteroatoms. The lowest BCUT2D eigenvalue weighted by Gasteiger charge is -2.11. The molecule has 0 bridgehead atoms. The van der Waals surface area contributed by atoms with E-state index in [-0.39, 0.29) is 10.8 Å². The van der Waals surface area contributed by atoms with E-state index in [4.69, 9.17) is 26.4 Å². The van der Waals surface area contributed by atoms with Crippen LogP contribution in [0.25, 0.3) is 22.5 Å². The first-order chi connectivity index (χ1) is 14.7. The van der Waals surface area contributed by atoms with Crippen LogP contribution < -0.4 is 4.74 Å². The second-order valence-corrected chi connectivity index (χ2v) is 7.35. The summed E-state index contributed by atoms with van der Waals surface area (Å²) in [5, 5.41) is 6.72. The maximum absolute atomic E-state index is 5.88. The number of hydrogen-bond donors (Lipinski definition) is 2. The Hall–Kier alpha value is -3.71. The maximum atomic E-state index is 5.88. The van der Waals surface area contributed by atoms with E-state index in [1.54, 1.807) is 0 Å². The summed E-state index contributed by atoms with van der Waals surface area (Å²) in [4.78, 5) is 8.42. The molecule has 5 rings (SSSR count). The van der Waals surface area contributed by atoms with Gasteiger partial charge in [-0.2, -0.15) is 0 Å². The van der Waals surface area contributed by atoms with Gasteiger partial charge < -0.3 is 14.1 Å². The first kappa shape index (κ1) is 18.3. The number of nitrogens with zero attached hydrogens (tertiary/aromatic N) is 2. The number of H-pyrrole nitrogens is 2. The van der Waals surface area contributed by atoms with Crippen LogP contribution in [0.1, 0.15) is 24.2 Å². The highest BCUT2D eigenvalue weighted by Gasteiger charge is 2.15. The maximum Gasteiger partial charge on any atom is 0.284 e. The van der Waals surface area contributed by atoms with Crippen LogP contribution in [0.4, 0.5) is 0 Å². The Kier molecular flexibility index (Phi) is 4.65. The van der Waals surface area contributed by atoms with E-state index < -0.39 is 0 Å². The molecule has 5 aromatic rings. The van der Waals surface area contributed by atoms with E-state index >= 15 is 0 Å². The Morgan fingerprint density at radius 2 is 1.73 bits per heavy atom. The third-order valence-electron chi connectivity index (χ3n) is 4.95. The highest BCUT2D eigenvalue weighted by atomic mass is 32.1. The zero-order chi connectivity index (χ0) is 20.5. The lowest BCUT2D eigenvalue weighted by Crippen LogP contribution is -1.98. The van der Waals surface area contributed by atoms with Gasteiger partial charge in [0, 0.05) is 11.5 Å². The number of benzene rings is 3. The average Bonchev–Trinajstić information content (AvgIpc) is 3.40. The minimum absolute atomic E-state index is 0.0981. The lowest BCUT2D eigenvalue weighted by molar-refractivity contribution is 0.482. The summed E-state index contributed by atoms with van der Waals surface area (Å²) >= 11 is 4.95. The standard InChI is InChI=1S/C23H18N4O2S/c1-14(15-7-10-18(11-8-15)28-17-5-3-2-4-6-17)21-24-19-12-9-16(13-20(19)25-21)22-26-27-23(30)29-22/h2-14H,1H3,(H,24,25)(H,27,30). The van der Waals surface area contributed by atoms with E-state index in [0.717, 1.165) is 39.5 Å². The van der Waals surface area contributed by atoms with Crippen molar-refractivity contribution < 1.29 is 9.15 Å². The highest BCUT2D eigenvalue weighted by molar-refractivity contribution is 7.71. The number of aromatic amines is 2. The number of aromatic nitrogens is 4. The van der Waals surface area contributed by atoms with Gasteiger partial charge in [-0.1, -0.05) is 37.3 Å². The van der Waals surface area contributed by atoms with Gasteiger partial charge in [0.1, 0.15) is 17.3 Å². The monoisotopic (exact) mass is 414 g/mol. The van der Waals surface area contributed by atoms with E-state index in [9.17, 15) is 0 Å². The zero-order valence-corrected chi connectivity index (χ0v) is 16.9. The fourth-order valence-corrected chi connectivity index (χ4v) is 3.45. The molecule has 2 N–H and O–H groups in total. The van der Waals surface area contributed by atoms with Gasteiger partial charge in [-0.15, -0.1) is 5.10 Å². The van der Waals surface area contributed by atoms with Crippen molar-refractivity contribution in [3.63, 3.8) is 0 Å². The molecule has 0 fully saturated rings. The molecule has 0 amide bonds. The molecule has 0 saturated carbocycles. The minimum Gasteiger partial charge on any atom is -0.457 e. The van der Waals surface area contributed by atoms with Crippen LogP contribution in [0.3, 0.4) is 0 Å². The smallest absolute Gasteiger partial charge is 0.284 e. The summed E-state index contributed by atoms with van der Waals surface area (Å²) in [5.41, 5.74) is 3.79. The summed E-state index contributed by atoms with van der Waals surface area (Å²) in [5.74, 6) is 3.07. The molecule has 0 spiro atoms. The van der Waals surface area contributed by atoms with E-state index in [1.807, 2.05) is 60.7 Å². The van der Waals surface area contributed by atoms with Crippen LogP contribution in [-0.2, 0) is 0 Å². The topological polar surface area (TPSA) is 79.7 Å². The van der Waals surface area contributed by atoms with Gasteiger partial charge in [-0.3, -0.25) is 0 Å². The Morgan fingerprint density at radius 3 is 2.47 bits per heavy atom. The predicted molar refractivity (Wildman–Crippen MR) is 117 cm³/mol. The van der Waals surface area contributed by atoms with Gasteiger partial charge in [-0.05, 0) is 60.2 Å². The largest absolute Gasteiger partial charge is 0.457 e. The number of rotatable bonds is 5. The molecule has 6 nitrogen and oxygen atoms in total. The van der Waals surface area contributed by atoms with Crippen LogP contribution in [-0.4, -0.2) is 20.2 Å². The van der Waals surface area contributed by atoms with Crippen molar-refractivity contribution in [2.75, 3.05) is 0 Å². The SMILES string of the molecule is CC(c1ccc(Oc2ccccc2)cc1)c1nc2ccc(-c3n[nH]c(=S)o3)cc2[nH]1. The fraction of sp³-hybridized carbons (Fsp3) is 0.0870. The Balaban J connectivity index is 1.38. The summed E-state index contributed by atoms with van der Waals surface area (Å²) in [6.07, 6.45) is 0. The van der Waals surface area contributed by atoms with Gasteiger partial charge >= 0.3 is 0 Å². The van der Waals surface area contributed by atoms with Crippen molar-refractivity contribution in [2.45, 2.75) is 12.8 Å². The molecule has 148 valence electrons. The minimum atomic E-state index is 0.0981. The van der Waals surface area contributed by atoms with Gasteiger partial charge in [-0.25, -0.2) is 10.1 Å². The molecule has 30 heavy (non-hydrogen) atoms. The molecule has 0 saturated heterocycles. The van der Waals surface area contributed by atoms with Crippen molar-refractivity contribution in [3.05, 3.63) is 89.0 Å². The van der Waals surface area contributed by atoms with Gasteiger partial charge in [0.15, 0.2) is 0 Å². The number of nitrogens with one attached hydrogen (secondary N) is 2. The number of hydrogen-bond acceptors (Lipinski definition) is 5. The molecule has 2 aromatic heterocycles. The molecular weight excluding hydrogens is 396 g/mol. The molecule has 0 aliphatic heterocycles. The molecule has 3 aromatic carbocycles. The molecule has 1 unspecified atom stereocenters. The molecular formula is C23H18N4O2S. The van der Waals surface area contributed by atoms with E-state index in [1.165, 1.54) is 0 Å². The predicted octanol–water partition coefficient (Wildman–Crippen LogP) is 6.22. The number of ether oxygens (including phenoxy) is 1. The van der Waals surface area contributed by atoms with Crippen molar-refractivity contribution in [3.8, 4) is 23.0 Å². The summed E-state index contributed by atoms with van der Waals surface area (Å²) in [6.45, 7) is 2.12. The van der Waals surface area contributed by atoms with Crippen LogP contribution >= 0.6 is 12.2 Å². The first-order valence-corrected chi connectivity index (χ1v) is 9.95. The zero-order valence-electron chi connectivity index (χ0n) is 16.1. The van der Waals surface area contributed by atoms with Crippen molar-refractivity contribution in [2.24, 2.45) is 0 Å². The van der Waals surface area contributed by atoms with Crippen LogP contribution in [0.15, 0.2) is 77.2 Å². The summed E-state index contributed by atoms with van der Waals surface area (Å²) in [7, 11) is 0. The van der Waals surface area contributed by atoms with E-state index in [0.29, 0.717) is 5.89 Å². The molecule has 0 aliphatic carbocycles. The Bertz CT molecular complexity index is 1350. The third-order valence-corrected chi connectivity index (χ3v) is 5.13. The molecule has 0 aliphatic rings.